The van der Waals surface area contributed by atoms with Crippen LogP contribution in [0, 0.1) is 6.92 Å². The molecule has 0 aliphatic rings. The molecule has 0 saturated carbocycles. The lowest BCUT2D eigenvalue weighted by Gasteiger charge is -2.22. The number of nitrogens with zero attached hydrogens (tertiary/aromatic N) is 1. The molecule has 0 spiro atoms. The van der Waals surface area contributed by atoms with Crippen molar-refractivity contribution in [3.63, 3.8) is 0 Å². The van der Waals surface area contributed by atoms with Crippen LogP contribution in [-0.4, -0.2) is 34.2 Å². The smallest absolute Gasteiger partial charge is 0.245 e. The number of nitrogens with one attached hydrogen (secondary N) is 1. The van der Waals surface area contributed by atoms with Crippen molar-refractivity contribution in [2.24, 2.45) is 0 Å². The van der Waals surface area contributed by atoms with Crippen LogP contribution in [0.4, 0.5) is 11.4 Å². The number of sulfonamides is 1. The second kappa shape index (κ2) is 8.28. The van der Waals surface area contributed by atoms with Gasteiger partial charge in [0.05, 0.1) is 24.1 Å². The lowest BCUT2D eigenvalue weighted by Crippen LogP contribution is -2.37. The van der Waals surface area contributed by atoms with Gasteiger partial charge in [-0.2, -0.15) is 0 Å². The van der Waals surface area contributed by atoms with Gasteiger partial charge in [0.25, 0.3) is 0 Å². The Balaban J connectivity index is 2.22. The summed E-state index contributed by atoms with van der Waals surface area (Å²) in [4.78, 5) is 12.4. The normalized spacial score (nSPS) is 11.1. The molecule has 0 aliphatic heterocycles. The van der Waals surface area contributed by atoms with Gasteiger partial charge >= 0.3 is 0 Å². The predicted octanol–water partition coefficient (Wildman–Crippen LogP) is 3.82. The number of rotatable bonds is 6. The molecule has 9 heteroatoms. The second-order valence-electron chi connectivity index (χ2n) is 5.60. The van der Waals surface area contributed by atoms with Gasteiger partial charge in [-0.3, -0.25) is 9.10 Å². The highest BCUT2D eigenvalue weighted by Crippen LogP contribution is 2.28. The molecule has 0 fully saturated rings. The third-order valence-corrected chi connectivity index (χ3v) is 5.88. The number of methoxy groups -OCH3 is 1. The zero-order chi connectivity index (χ0) is 19.5. The maximum atomic E-state index is 12.4. The van der Waals surface area contributed by atoms with Gasteiger partial charge in [-0.1, -0.05) is 27.5 Å². The Morgan fingerprint density at radius 2 is 1.96 bits per heavy atom. The quantitative estimate of drug-likeness (QED) is 0.709. The lowest BCUT2D eigenvalue weighted by atomic mass is 10.2. The molecule has 0 aliphatic carbocycles. The molecule has 2 rings (SSSR count). The van der Waals surface area contributed by atoms with Crippen molar-refractivity contribution in [2.75, 3.05) is 29.5 Å². The van der Waals surface area contributed by atoms with Crippen molar-refractivity contribution in [3.8, 4) is 5.75 Å². The van der Waals surface area contributed by atoms with Crippen molar-refractivity contribution in [3.05, 3.63) is 51.5 Å². The van der Waals surface area contributed by atoms with Crippen molar-refractivity contribution in [1.29, 1.82) is 0 Å². The molecule has 2 aromatic carbocycles. The van der Waals surface area contributed by atoms with E-state index in [9.17, 15) is 13.2 Å². The molecule has 26 heavy (non-hydrogen) atoms. The molecule has 6 nitrogen and oxygen atoms in total. The predicted molar refractivity (Wildman–Crippen MR) is 108 cm³/mol. The van der Waals surface area contributed by atoms with Crippen molar-refractivity contribution >= 4 is 54.8 Å². The number of ether oxygens (including phenoxy) is 1. The van der Waals surface area contributed by atoms with E-state index in [4.69, 9.17) is 16.3 Å². The van der Waals surface area contributed by atoms with Crippen LogP contribution < -0.4 is 14.4 Å². The fourth-order valence-electron chi connectivity index (χ4n) is 2.26. The van der Waals surface area contributed by atoms with E-state index >= 15 is 0 Å². The Bertz CT molecular complexity index is 934. The largest absolute Gasteiger partial charge is 0.495 e. The maximum absolute atomic E-state index is 12.4. The van der Waals surface area contributed by atoms with Gasteiger partial charge in [-0.25, -0.2) is 8.42 Å². The fraction of sp³-hybridized carbons (Fsp3) is 0.235. The zero-order valence-corrected chi connectivity index (χ0v) is 17.6. The highest BCUT2D eigenvalue weighted by Gasteiger charge is 2.21. The first-order chi connectivity index (χ1) is 12.1. The van der Waals surface area contributed by atoms with Gasteiger partial charge in [0.2, 0.25) is 15.9 Å². The van der Waals surface area contributed by atoms with Crippen molar-refractivity contribution in [1.82, 2.24) is 0 Å². The Morgan fingerprint density at radius 1 is 1.27 bits per heavy atom. The molecule has 0 heterocycles. The average Bonchev–Trinajstić information content (AvgIpc) is 2.54. The molecule has 0 radical (unpaired) electrons. The van der Waals surface area contributed by atoms with Crippen LogP contribution in [0.2, 0.25) is 5.02 Å². The summed E-state index contributed by atoms with van der Waals surface area (Å²) in [6, 6.07) is 9.84. The highest BCUT2D eigenvalue weighted by molar-refractivity contribution is 9.10. The fourth-order valence-corrected chi connectivity index (χ4v) is 3.61. The SMILES string of the molecule is COc1ccc(NC(=O)CN(c2ccc(Br)c(C)c2)S(C)(=O)=O)cc1Cl. The molecule has 1 N–H and O–H groups in total. The first-order valence-electron chi connectivity index (χ1n) is 7.49. The highest BCUT2D eigenvalue weighted by atomic mass is 79.9. The lowest BCUT2D eigenvalue weighted by molar-refractivity contribution is -0.114. The number of hydrogen-bond donors (Lipinski definition) is 1. The van der Waals surface area contributed by atoms with Crippen LogP contribution in [0.1, 0.15) is 5.56 Å². The van der Waals surface area contributed by atoms with Crippen LogP contribution in [0.5, 0.6) is 5.75 Å². The summed E-state index contributed by atoms with van der Waals surface area (Å²) in [5.41, 5.74) is 1.72. The number of anilines is 2. The van der Waals surface area contributed by atoms with E-state index in [1.807, 2.05) is 6.92 Å². The minimum absolute atomic E-state index is 0.341. The third-order valence-electron chi connectivity index (χ3n) is 3.55. The molecule has 0 atom stereocenters. The number of hydrogen-bond acceptors (Lipinski definition) is 4. The minimum atomic E-state index is -3.64. The molecular formula is C17H18BrClN2O4S. The molecule has 2 aromatic rings. The number of carbonyl (C=O) groups excluding carboxylic acids is 1. The Kier molecular flexibility index (Phi) is 6.54. The van der Waals surface area contributed by atoms with E-state index in [1.165, 1.54) is 13.2 Å². The van der Waals surface area contributed by atoms with E-state index in [2.05, 4.69) is 21.2 Å². The average molecular weight is 462 g/mol. The number of halogens is 2. The third kappa shape index (κ3) is 5.12. The van der Waals surface area contributed by atoms with Crippen molar-refractivity contribution < 1.29 is 17.9 Å². The molecular weight excluding hydrogens is 444 g/mol. The Hall–Kier alpha value is -1.77. The summed E-state index contributed by atoms with van der Waals surface area (Å²) in [7, 11) is -2.15. The van der Waals surface area contributed by atoms with Gasteiger partial charge in [-0.15, -0.1) is 0 Å². The maximum Gasteiger partial charge on any atom is 0.245 e. The van der Waals surface area contributed by atoms with Gasteiger partial charge in [0.15, 0.2) is 0 Å². The van der Waals surface area contributed by atoms with E-state index in [-0.39, 0.29) is 6.54 Å². The molecule has 140 valence electrons. The summed E-state index contributed by atoms with van der Waals surface area (Å²) in [5, 5.41) is 2.98. The molecule has 0 saturated heterocycles. The van der Waals surface area contributed by atoms with Crippen LogP contribution in [-0.2, 0) is 14.8 Å². The van der Waals surface area contributed by atoms with E-state index < -0.39 is 15.9 Å². The summed E-state index contributed by atoms with van der Waals surface area (Å²) in [5.74, 6) is -0.00926. The van der Waals surface area contributed by atoms with E-state index in [1.54, 1.807) is 30.3 Å². The zero-order valence-electron chi connectivity index (χ0n) is 14.4. The topological polar surface area (TPSA) is 75.7 Å². The van der Waals surface area contributed by atoms with E-state index in [0.717, 1.165) is 20.6 Å². The molecule has 0 bridgehead atoms. The van der Waals surface area contributed by atoms with Crippen LogP contribution in [0.3, 0.4) is 0 Å². The first-order valence-corrected chi connectivity index (χ1v) is 10.5. The summed E-state index contributed by atoms with van der Waals surface area (Å²) >= 11 is 9.40. The monoisotopic (exact) mass is 460 g/mol. The Labute approximate surface area is 166 Å². The van der Waals surface area contributed by atoms with Gasteiger partial charge in [0.1, 0.15) is 12.3 Å². The number of amides is 1. The van der Waals surface area contributed by atoms with Crippen LogP contribution >= 0.6 is 27.5 Å². The summed E-state index contributed by atoms with van der Waals surface area (Å²) < 4.78 is 31.3. The number of benzene rings is 2. The first kappa shape index (κ1) is 20.5. The van der Waals surface area contributed by atoms with E-state index in [0.29, 0.717) is 22.1 Å². The van der Waals surface area contributed by atoms with Gasteiger partial charge in [-0.05, 0) is 48.9 Å². The molecule has 0 unspecified atom stereocenters. The Morgan fingerprint density at radius 3 is 2.50 bits per heavy atom. The molecule has 1 amide bonds. The minimum Gasteiger partial charge on any atom is -0.495 e. The number of aryl methyl sites for hydroxylation is 1. The standard InChI is InChI=1S/C17H18BrClN2O4S/c1-11-8-13(5-6-14(11)18)21(26(3,23)24)10-17(22)20-12-4-7-16(25-2)15(19)9-12/h4-9H,10H2,1-3H3,(H,20,22). The second-order valence-corrected chi connectivity index (χ2v) is 8.77. The molecule has 0 aromatic heterocycles. The summed E-state index contributed by atoms with van der Waals surface area (Å²) in [6.45, 7) is 1.48. The summed E-state index contributed by atoms with van der Waals surface area (Å²) in [6.07, 6.45) is 1.06. The van der Waals surface area contributed by atoms with Crippen LogP contribution in [0.15, 0.2) is 40.9 Å². The van der Waals surface area contributed by atoms with Gasteiger partial charge in [0, 0.05) is 10.2 Å². The van der Waals surface area contributed by atoms with Gasteiger partial charge < -0.3 is 10.1 Å². The van der Waals surface area contributed by atoms with Crippen LogP contribution in [0.25, 0.3) is 0 Å². The van der Waals surface area contributed by atoms with Crippen molar-refractivity contribution in [2.45, 2.75) is 6.92 Å². The number of carbonyl (C=O) groups is 1.